The Hall–Kier alpha value is -1.89. The van der Waals surface area contributed by atoms with Gasteiger partial charge in [0.1, 0.15) is 11.9 Å². The highest BCUT2D eigenvalue weighted by Gasteiger charge is 2.45. The molecule has 0 aliphatic heterocycles. The Morgan fingerprint density at radius 1 is 1.19 bits per heavy atom. The first-order valence-corrected chi connectivity index (χ1v) is 7.04. The van der Waals surface area contributed by atoms with Crippen LogP contribution in [0.1, 0.15) is 22.8 Å². The van der Waals surface area contributed by atoms with E-state index in [4.69, 9.17) is 11.6 Å². The van der Waals surface area contributed by atoms with E-state index in [1.165, 1.54) is 18.2 Å². The quantitative estimate of drug-likeness (QED) is 0.916. The van der Waals surface area contributed by atoms with Gasteiger partial charge in [-0.2, -0.15) is 5.26 Å². The van der Waals surface area contributed by atoms with Gasteiger partial charge < -0.3 is 5.11 Å². The first-order chi connectivity index (χ1) is 10.1. The summed E-state index contributed by atoms with van der Waals surface area (Å²) < 4.78 is 14.0. The molecule has 0 amide bonds. The van der Waals surface area contributed by atoms with Crippen molar-refractivity contribution in [3.8, 4) is 6.07 Å². The van der Waals surface area contributed by atoms with Crippen molar-refractivity contribution < 1.29 is 9.50 Å². The van der Waals surface area contributed by atoms with Crippen LogP contribution < -0.4 is 0 Å². The minimum atomic E-state index is -1.21. The van der Waals surface area contributed by atoms with Gasteiger partial charge in [-0.15, -0.1) is 0 Å². The smallest absolute Gasteiger partial charge is 0.129 e. The minimum Gasteiger partial charge on any atom is -0.387 e. The van der Waals surface area contributed by atoms with Gasteiger partial charge in [-0.25, -0.2) is 4.39 Å². The van der Waals surface area contributed by atoms with Gasteiger partial charge in [0.05, 0.1) is 11.5 Å². The first kappa shape index (κ1) is 14.1. The summed E-state index contributed by atoms with van der Waals surface area (Å²) in [4.78, 5) is 0. The number of nitriles is 1. The van der Waals surface area contributed by atoms with Crippen molar-refractivity contribution in [2.24, 2.45) is 5.41 Å². The summed E-state index contributed by atoms with van der Waals surface area (Å²) in [6.07, 6.45) is -0.395. The second kappa shape index (κ2) is 5.14. The first-order valence-electron chi connectivity index (χ1n) is 6.67. The number of rotatable bonds is 2. The average Bonchev–Trinajstić information content (AvgIpc) is 2.89. The molecular formula is C17H13ClFNO. The van der Waals surface area contributed by atoms with Crippen molar-refractivity contribution in [2.45, 2.75) is 18.9 Å². The zero-order chi connectivity index (χ0) is 15.0. The van der Waals surface area contributed by atoms with Crippen LogP contribution in [0.5, 0.6) is 0 Å². The van der Waals surface area contributed by atoms with Crippen LogP contribution >= 0.6 is 11.6 Å². The molecule has 3 rings (SSSR count). The maximum atomic E-state index is 14.0. The number of hydrogen-bond acceptors (Lipinski definition) is 2. The van der Waals surface area contributed by atoms with Gasteiger partial charge in [-0.1, -0.05) is 35.9 Å². The van der Waals surface area contributed by atoms with Gasteiger partial charge >= 0.3 is 0 Å². The minimum absolute atomic E-state index is 0.0804. The van der Waals surface area contributed by atoms with E-state index < -0.39 is 17.3 Å². The SMILES string of the molecule is N#CC1(C(O)c2cc(Cl)ccc2F)Cc2ccccc2C1. The van der Waals surface area contributed by atoms with E-state index in [1.54, 1.807) is 0 Å². The van der Waals surface area contributed by atoms with Crippen LogP contribution in [-0.4, -0.2) is 5.11 Å². The molecule has 1 N–H and O–H groups in total. The number of benzene rings is 2. The van der Waals surface area contributed by atoms with Gasteiger partial charge in [0.25, 0.3) is 0 Å². The zero-order valence-corrected chi connectivity index (χ0v) is 11.9. The predicted octanol–water partition coefficient (Wildman–Crippen LogP) is 3.82. The fourth-order valence-corrected chi connectivity index (χ4v) is 3.18. The van der Waals surface area contributed by atoms with Crippen LogP contribution in [0.4, 0.5) is 4.39 Å². The van der Waals surface area contributed by atoms with E-state index in [1.807, 2.05) is 24.3 Å². The largest absolute Gasteiger partial charge is 0.387 e. The average molecular weight is 302 g/mol. The number of fused-ring (bicyclic) bond motifs is 1. The van der Waals surface area contributed by atoms with Crippen LogP contribution in [0.25, 0.3) is 0 Å². The summed E-state index contributed by atoms with van der Waals surface area (Å²) in [6.45, 7) is 0. The highest BCUT2D eigenvalue weighted by molar-refractivity contribution is 6.30. The topological polar surface area (TPSA) is 44.0 Å². The molecule has 1 atom stereocenters. The second-order valence-electron chi connectivity index (χ2n) is 5.46. The van der Waals surface area contributed by atoms with Crippen LogP contribution in [-0.2, 0) is 12.8 Å². The van der Waals surface area contributed by atoms with E-state index in [2.05, 4.69) is 6.07 Å². The van der Waals surface area contributed by atoms with Crippen LogP contribution in [0, 0.1) is 22.6 Å². The van der Waals surface area contributed by atoms with Gasteiger partial charge in [0.15, 0.2) is 0 Å². The van der Waals surface area contributed by atoms with E-state index in [0.29, 0.717) is 17.9 Å². The summed E-state index contributed by atoms with van der Waals surface area (Å²) >= 11 is 5.88. The molecule has 1 aliphatic rings. The summed E-state index contributed by atoms with van der Waals surface area (Å²) in [5.74, 6) is -0.544. The lowest BCUT2D eigenvalue weighted by atomic mass is 9.77. The molecule has 0 aromatic heterocycles. The lowest BCUT2D eigenvalue weighted by Gasteiger charge is -2.27. The van der Waals surface area contributed by atoms with E-state index in [-0.39, 0.29) is 5.56 Å². The van der Waals surface area contributed by atoms with Gasteiger partial charge in [0.2, 0.25) is 0 Å². The molecule has 2 aromatic rings. The Kier molecular flexibility index (Phi) is 3.44. The molecule has 0 saturated carbocycles. The molecule has 21 heavy (non-hydrogen) atoms. The molecule has 0 fully saturated rings. The molecule has 0 bridgehead atoms. The normalized spacial score (nSPS) is 17.0. The molecule has 2 aromatic carbocycles. The predicted molar refractivity (Wildman–Crippen MR) is 78.3 cm³/mol. The van der Waals surface area contributed by atoms with Crippen molar-refractivity contribution in [3.63, 3.8) is 0 Å². The van der Waals surface area contributed by atoms with Crippen molar-refractivity contribution in [1.82, 2.24) is 0 Å². The highest BCUT2D eigenvalue weighted by atomic mass is 35.5. The van der Waals surface area contributed by atoms with E-state index >= 15 is 0 Å². The summed E-state index contributed by atoms with van der Waals surface area (Å²) in [7, 11) is 0. The Labute approximate surface area is 127 Å². The number of aliphatic hydroxyl groups is 1. The monoisotopic (exact) mass is 301 g/mol. The summed E-state index contributed by atoms with van der Waals surface area (Å²) in [6, 6.07) is 13.9. The van der Waals surface area contributed by atoms with Gasteiger partial charge in [0, 0.05) is 10.6 Å². The Bertz CT molecular complexity index is 713. The second-order valence-corrected chi connectivity index (χ2v) is 5.90. The Balaban J connectivity index is 2.02. The molecule has 0 saturated heterocycles. The van der Waals surface area contributed by atoms with Crippen molar-refractivity contribution in [2.75, 3.05) is 0 Å². The molecule has 4 heteroatoms. The Morgan fingerprint density at radius 3 is 2.38 bits per heavy atom. The summed E-state index contributed by atoms with van der Waals surface area (Å²) in [5.41, 5.74) is 1.09. The highest BCUT2D eigenvalue weighted by Crippen LogP contribution is 2.46. The van der Waals surface area contributed by atoms with E-state index in [9.17, 15) is 14.8 Å². The molecular weight excluding hydrogens is 289 g/mol. The maximum absolute atomic E-state index is 14.0. The van der Waals surface area contributed by atoms with Crippen molar-refractivity contribution in [3.05, 3.63) is 70.0 Å². The molecule has 1 aliphatic carbocycles. The molecule has 106 valence electrons. The van der Waals surface area contributed by atoms with Crippen molar-refractivity contribution in [1.29, 1.82) is 5.26 Å². The lowest BCUT2D eigenvalue weighted by Crippen LogP contribution is -2.29. The third-order valence-electron chi connectivity index (χ3n) is 4.13. The third-order valence-corrected chi connectivity index (χ3v) is 4.36. The van der Waals surface area contributed by atoms with Crippen LogP contribution in [0.2, 0.25) is 5.02 Å². The Morgan fingerprint density at radius 2 is 1.81 bits per heavy atom. The third kappa shape index (κ3) is 2.31. The molecule has 0 radical (unpaired) electrons. The lowest BCUT2D eigenvalue weighted by molar-refractivity contribution is 0.0661. The summed E-state index contributed by atoms with van der Waals surface area (Å²) in [5, 5.41) is 20.6. The van der Waals surface area contributed by atoms with Crippen LogP contribution in [0.15, 0.2) is 42.5 Å². The van der Waals surface area contributed by atoms with Crippen LogP contribution in [0.3, 0.4) is 0 Å². The molecule has 2 nitrogen and oxygen atoms in total. The van der Waals surface area contributed by atoms with Crippen molar-refractivity contribution >= 4 is 11.6 Å². The molecule has 1 unspecified atom stereocenters. The fraction of sp³-hybridized carbons (Fsp3) is 0.235. The zero-order valence-electron chi connectivity index (χ0n) is 11.2. The number of aliphatic hydroxyl groups excluding tert-OH is 1. The fourth-order valence-electron chi connectivity index (χ4n) is 3.00. The number of hydrogen-bond donors (Lipinski definition) is 1. The van der Waals surface area contributed by atoms with Gasteiger partial charge in [-0.05, 0) is 42.2 Å². The van der Waals surface area contributed by atoms with Gasteiger partial charge in [-0.3, -0.25) is 0 Å². The molecule has 0 spiro atoms. The number of halogens is 2. The van der Waals surface area contributed by atoms with E-state index in [0.717, 1.165) is 11.1 Å². The molecule has 0 heterocycles. The maximum Gasteiger partial charge on any atom is 0.129 e. The standard InChI is InChI=1S/C17H13ClFNO/c18-13-5-6-15(19)14(7-13)16(21)17(10-20)8-11-3-1-2-4-12(11)9-17/h1-7,16,21H,8-9H2. The number of nitrogens with zero attached hydrogens (tertiary/aromatic N) is 1.